The molecule has 0 spiro atoms. The number of ether oxygens (including phenoxy) is 1. The summed E-state index contributed by atoms with van der Waals surface area (Å²) in [4.78, 5) is 9.94. The average Bonchev–Trinajstić information content (AvgIpc) is 3.41. The van der Waals surface area contributed by atoms with Gasteiger partial charge in [0.1, 0.15) is 0 Å². The highest BCUT2D eigenvalue weighted by Crippen LogP contribution is 2.27. The normalized spacial score (nSPS) is 20.4. The van der Waals surface area contributed by atoms with Gasteiger partial charge in [0.05, 0.1) is 19.8 Å². The van der Waals surface area contributed by atoms with E-state index in [-0.39, 0.29) is 5.54 Å². The van der Waals surface area contributed by atoms with E-state index in [0.717, 1.165) is 64.5 Å². The summed E-state index contributed by atoms with van der Waals surface area (Å²) in [6, 6.07) is 1.43. The molecule has 1 aliphatic carbocycles. The molecule has 146 valence electrons. The van der Waals surface area contributed by atoms with Gasteiger partial charge in [0.2, 0.25) is 0 Å². The molecule has 0 aromatic carbocycles. The quantitative estimate of drug-likeness (QED) is 0.486. The van der Waals surface area contributed by atoms with E-state index in [1.807, 2.05) is 0 Å². The second-order valence-electron chi connectivity index (χ2n) is 8.10. The number of hydrogen-bond donors (Lipinski definition) is 2. The molecule has 0 aromatic heterocycles. The molecule has 25 heavy (non-hydrogen) atoms. The molecule has 6 heteroatoms. The van der Waals surface area contributed by atoms with Crippen molar-refractivity contribution >= 4 is 5.96 Å². The lowest BCUT2D eigenvalue weighted by molar-refractivity contribution is -0.00683. The Morgan fingerprint density at radius 1 is 1.24 bits per heavy atom. The van der Waals surface area contributed by atoms with Crippen LogP contribution in [-0.4, -0.2) is 85.9 Å². The molecule has 6 nitrogen and oxygen atoms in total. The molecule has 2 aliphatic rings. The van der Waals surface area contributed by atoms with Crippen molar-refractivity contribution in [1.82, 2.24) is 20.4 Å². The second kappa shape index (κ2) is 9.74. The van der Waals surface area contributed by atoms with Crippen molar-refractivity contribution in [1.29, 1.82) is 0 Å². The van der Waals surface area contributed by atoms with Gasteiger partial charge in [-0.15, -0.1) is 0 Å². The first-order chi connectivity index (χ1) is 11.9. The highest BCUT2D eigenvalue weighted by Gasteiger charge is 2.30. The minimum atomic E-state index is 0.0596. The van der Waals surface area contributed by atoms with E-state index in [1.54, 1.807) is 0 Å². The van der Waals surface area contributed by atoms with Gasteiger partial charge >= 0.3 is 0 Å². The minimum Gasteiger partial charge on any atom is -0.379 e. The molecule has 1 saturated heterocycles. The van der Waals surface area contributed by atoms with Gasteiger partial charge in [-0.05, 0) is 47.5 Å². The molecule has 1 saturated carbocycles. The maximum Gasteiger partial charge on any atom is 0.191 e. The maximum atomic E-state index is 5.47. The Morgan fingerprint density at radius 3 is 2.48 bits per heavy atom. The van der Waals surface area contributed by atoms with Crippen LogP contribution in [0.1, 0.15) is 47.5 Å². The largest absolute Gasteiger partial charge is 0.379 e. The lowest BCUT2D eigenvalue weighted by atomic mass is 10.0. The summed E-state index contributed by atoms with van der Waals surface area (Å²) in [6.45, 7) is 18.6. The van der Waals surface area contributed by atoms with Crippen LogP contribution in [0.2, 0.25) is 0 Å². The predicted octanol–water partition coefficient (Wildman–Crippen LogP) is 1.53. The van der Waals surface area contributed by atoms with Gasteiger partial charge < -0.3 is 15.4 Å². The first-order valence-electron chi connectivity index (χ1n) is 10.0. The number of aliphatic imine (C=N–C) groups is 1. The fraction of sp³-hybridized carbons (Fsp3) is 0.947. The fourth-order valence-electron chi connectivity index (χ4n) is 3.45. The molecule has 0 unspecified atom stereocenters. The van der Waals surface area contributed by atoms with Crippen molar-refractivity contribution in [2.75, 3.05) is 52.5 Å². The van der Waals surface area contributed by atoms with Crippen molar-refractivity contribution in [3.63, 3.8) is 0 Å². The summed E-state index contributed by atoms with van der Waals surface area (Å²) in [5.41, 5.74) is 0.0596. The SMILES string of the molecule is CCNC(=NCC(C)(C)N1CCOCC1)NCCN(C(C)C)C1CC1. The van der Waals surface area contributed by atoms with Crippen LogP contribution in [0.15, 0.2) is 4.99 Å². The lowest BCUT2D eigenvalue weighted by Crippen LogP contribution is -2.52. The van der Waals surface area contributed by atoms with Gasteiger partial charge in [-0.2, -0.15) is 0 Å². The van der Waals surface area contributed by atoms with E-state index in [1.165, 1.54) is 12.8 Å². The van der Waals surface area contributed by atoms with E-state index >= 15 is 0 Å². The minimum absolute atomic E-state index is 0.0596. The molecular weight excluding hydrogens is 314 g/mol. The highest BCUT2D eigenvalue weighted by atomic mass is 16.5. The van der Waals surface area contributed by atoms with Crippen LogP contribution < -0.4 is 10.6 Å². The third kappa shape index (κ3) is 6.76. The zero-order valence-corrected chi connectivity index (χ0v) is 17.0. The first kappa shape index (κ1) is 20.5. The molecule has 1 aliphatic heterocycles. The van der Waals surface area contributed by atoms with E-state index in [0.29, 0.717) is 6.04 Å². The van der Waals surface area contributed by atoms with Crippen molar-refractivity contribution in [2.24, 2.45) is 4.99 Å². The van der Waals surface area contributed by atoms with Gasteiger partial charge in [-0.3, -0.25) is 14.8 Å². The van der Waals surface area contributed by atoms with Gasteiger partial charge in [-0.25, -0.2) is 0 Å². The maximum absolute atomic E-state index is 5.47. The molecular formula is C19H39N5O. The monoisotopic (exact) mass is 353 g/mol. The Labute approximate surface area is 154 Å². The van der Waals surface area contributed by atoms with Crippen LogP contribution in [0.25, 0.3) is 0 Å². The average molecular weight is 354 g/mol. The van der Waals surface area contributed by atoms with Gasteiger partial charge in [0, 0.05) is 50.3 Å². The number of hydrogen-bond acceptors (Lipinski definition) is 4. The van der Waals surface area contributed by atoms with Crippen LogP contribution >= 0.6 is 0 Å². The van der Waals surface area contributed by atoms with Gasteiger partial charge in [0.25, 0.3) is 0 Å². The highest BCUT2D eigenvalue weighted by molar-refractivity contribution is 5.79. The van der Waals surface area contributed by atoms with Crippen LogP contribution in [-0.2, 0) is 4.74 Å². The third-order valence-electron chi connectivity index (χ3n) is 5.18. The Hall–Kier alpha value is -0.850. The van der Waals surface area contributed by atoms with Crippen molar-refractivity contribution in [2.45, 2.75) is 65.1 Å². The van der Waals surface area contributed by atoms with Crippen LogP contribution in [0.5, 0.6) is 0 Å². The Kier molecular flexibility index (Phi) is 7.97. The first-order valence-corrected chi connectivity index (χ1v) is 10.0. The molecule has 0 radical (unpaired) electrons. The summed E-state index contributed by atoms with van der Waals surface area (Å²) in [6.07, 6.45) is 2.72. The molecule has 0 amide bonds. The van der Waals surface area contributed by atoms with Gasteiger partial charge in [0.15, 0.2) is 5.96 Å². The molecule has 2 fully saturated rings. The molecule has 2 rings (SSSR count). The summed E-state index contributed by atoms with van der Waals surface area (Å²) in [7, 11) is 0. The topological polar surface area (TPSA) is 52.1 Å². The summed E-state index contributed by atoms with van der Waals surface area (Å²) < 4.78 is 5.47. The van der Waals surface area contributed by atoms with Crippen LogP contribution in [0.3, 0.4) is 0 Å². The number of nitrogens with one attached hydrogen (secondary N) is 2. The van der Waals surface area contributed by atoms with Crippen LogP contribution in [0, 0.1) is 0 Å². The van der Waals surface area contributed by atoms with Crippen molar-refractivity contribution in [3.8, 4) is 0 Å². The van der Waals surface area contributed by atoms with Gasteiger partial charge in [-0.1, -0.05) is 0 Å². The summed E-state index contributed by atoms with van der Waals surface area (Å²) >= 11 is 0. The molecule has 0 bridgehead atoms. The van der Waals surface area contributed by atoms with Crippen molar-refractivity contribution in [3.05, 3.63) is 0 Å². The van der Waals surface area contributed by atoms with E-state index in [2.05, 4.69) is 55.1 Å². The number of rotatable bonds is 9. The Morgan fingerprint density at radius 2 is 1.92 bits per heavy atom. The molecule has 0 aromatic rings. The van der Waals surface area contributed by atoms with Crippen molar-refractivity contribution < 1.29 is 4.74 Å². The smallest absolute Gasteiger partial charge is 0.191 e. The Bertz CT molecular complexity index is 412. The molecule has 1 heterocycles. The number of morpholine rings is 1. The number of guanidine groups is 1. The summed E-state index contributed by atoms with van der Waals surface area (Å²) in [5.74, 6) is 0.934. The second-order valence-corrected chi connectivity index (χ2v) is 8.10. The standard InChI is InChI=1S/C19H39N5O/c1-6-20-18(21-9-10-24(16(2)3)17-7-8-17)22-15-19(4,5)23-11-13-25-14-12-23/h16-17H,6-15H2,1-5H3,(H2,20,21,22). The fourth-order valence-corrected chi connectivity index (χ4v) is 3.45. The zero-order valence-electron chi connectivity index (χ0n) is 17.0. The molecule has 0 atom stereocenters. The van der Waals surface area contributed by atoms with E-state index in [4.69, 9.17) is 9.73 Å². The predicted molar refractivity (Wildman–Crippen MR) is 105 cm³/mol. The molecule has 2 N–H and O–H groups in total. The number of nitrogens with zero attached hydrogens (tertiary/aromatic N) is 3. The van der Waals surface area contributed by atoms with E-state index < -0.39 is 0 Å². The Balaban J connectivity index is 1.82. The zero-order chi connectivity index (χ0) is 18.3. The third-order valence-corrected chi connectivity index (χ3v) is 5.18. The summed E-state index contributed by atoms with van der Waals surface area (Å²) in [5, 5.41) is 6.90. The lowest BCUT2D eigenvalue weighted by Gasteiger charge is -2.40. The van der Waals surface area contributed by atoms with Crippen LogP contribution in [0.4, 0.5) is 0 Å². The van der Waals surface area contributed by atoms with E-state index in [9.17, 15) is 0 Å².